The van der Waals surface area contributed by atoms with Crippen molar-refractivity contribution in [2.24, 2.45) is 0 Å². The molecule has 0 amide bonds. The van der Waals surface area contributed by atoms with Gasteiger partial charge in [-0.2, -0.15) is 5.10 Å². The van der Waals surface area contributed by atoms with Gasteiger partial charge in [-0.15, -0.1) is 0 Å². The molecule has 5 heteroatoms. The third kappa shape index (κ3) is 2.42. The molecule has 2 bridgehead atoms. The van der Waals surface area contributed by atoms with E-state index in [1.54, 1.807) is 10.9 Å². The maximum atomic E-state index is 4.48. The quantitative estimate of drug-likeness (QED) is 0.939. The minimum absolute atomic E-state index is 0.580. The first-order chi connectivity index (χ1) is 10.3. The van der Waals surface area contributed by atoms with Crippen LogP contribution in [0.5, 0.6) is 0 Å². The van der Waals surface area contributed by atoms with Crippen LogP contribution in [0.25, 0.3) is 5.82 Å². The van der Waals surface area contributed by atoms with Crippen LogP contribution in [0.3, 0.4) is 0 Å². The van der Waals surface area contributed by atoms with Crippen molar-refractivity contribution in [3.8, 4) is 5.82 Å². The largest absolute Gasteiger partial charge is 0.381 e. The molecule has 2 aromatic rings. The van der Waals surface area contributed by atoms with Crippen LogP contribution in [0.15, 0.2) is 36.8 Å². The second kappa shape index (κ2) is 5.15. The lowest BCUT2D eigenvalue weighted by Gasteiger charge is -2.37. The average molecular weight is 283 g/mol. The van der Waals surface area contributed by atoms with E-state index in [0.717, 1.165) is 23.6 Å². The molecule has 2 saturated heterocycles. The van der Waals surface area contributed by atoms with Gasteiger partial charge in [-0.1, -0.05) is 0 Å². The molecule has 110 valence electrons. The summed E-state index contributed by atoms with van der Waals surface area (Å²) in [7, 11) is 2.28. The highest BCUT2D eigenvalue weighted by Gasteiger charge is 2.38. The number of fused-ring (bicyclic) bond motifs is 2. The Hall–Kier alpha value is -1.88. The number of rotatable bonds is 3. The zero-order valence-corrected chi connectivity index (χ0v) is 12.3. The normalized spacial score (nSPS) is 28.7. The summed E-state index contributed by atoms with van der Waals surface area (Å²) in [5, 5.41) is 7.85. The number of hydrogen-bond acceptors (Lipinski definition) is 4. The highest BCUT2D eigenvalue weighted by Crippen LogP contribution is 2.35. The van der Waals surface area contributed by atoms with E-state index in [1.807, 2.05) is 24.5 Å². The Balaban J connectivity index is 1.44. The lowest BCUT2D eigenvalue weighted by molar-refractivity contribution is 0.169. The average Bonchev–Trinajstić information content (AvgIpc) is 3.08. The van der Waals surface area contributed by atoms with Crippen molar-refractivity contribution in [3.63, 3.8) is 0 Å². The van der Waals surface area contributed by atoms with Gasteiger partial charge < -0.3 is 10.2 Å². The summed E-state index contributed by atoms with van der Waals surface area (Å²) in [6.07, 6.45) is 10.8. The van der Waals surface area contributed by atoms with Gasteiger partial charge >= 0.3 is 0 Å². The van der Waals surface area contributed by atoms with E-state index in [0.29, 0.717) is 6.04 Å². The maximum Gasteiger partial charge on any atom is 0.153 e. The fourth-order valence-electron chi connectivity index (χ4n) is 3.78. The molecular weight excluding hydrogens is 262 g/mol. The number of anilines is 1. The van der Waals surface area contributed by atoms with Gasteiger partial charge in [0.1, 0.15) is 0 Å². The van der Waals surface area contributed by atoms with Gasteiger partial charge in [0.2, 0.25) is 0 Å². The SMILES string of the molecule is CN1C2CCC1CC(Nc1ccc(-n3cccn3)nc1)C2. The van der Waals surface area contributed by atoms with Gasteiger partial charge in [0, 0.05) is 30.5 Å². The number of aromatic nitrogens is 3. The fourth-order valence-corrected chi connectivity index (χ4v) is 3.78. The molecule has 0 aliphatic carbocycles. The third-order valence-electron chi connectivity index (χ3n) is 4.96. The molecule has 0 aromatic carbocycles. The Morgan fingerprint density at radius 2 is 2.00 bits per heavy atom. The second-order valence-corrected chi connectivity index (χ2v) is 6.22. The Labute approximate surface area is 125 Å². The summed E-state index contributed by atoms with van der Waals surface area (Å²) >= 11 is 0. The molecule has 0 radical (unpaired) electrons. The van der Waals surface area contributed by atoms with Crippen LogP contribution < -0.4 is 5.32 Å². The number of piperidine rings is 1. The summed E-state index contributed by atoms with van der Waals surface area (Å²) in [5.41, 5.74) is 1.11. The van der Waals surface area contributed by atoms with Crippen molar-refractivity contribution in [3.05, 3.63) is 36.8 Å². The molecule has 2 atom stereocenters. The van der Waals surface area contributed by atoms with Crippen LogP contribution >= 0.6 is 0 Å². The fraction of sp³-hybridized carbons (Fsp3) is 0.500. The van der Waals surface area contributed by atoms with Gasteiger partial charge in [0.05, 0.1) is 11.9 Å². The standard InChI is InChI=1S/C16H21N5/c1-20-14-4-5-15(20)10-13(9-14)19-12-3-6-16(17-11-12)21-8-2-7-18-21/h2-3,6-8,11,13-15,19H,4-5,9-10H2,1H3. The van der Waals surface area contributed by atoms with Crippen LogP contribution in [0.4, 0.5) is 5.69 Å². The molecule has 2 unspecified atom stereocenters. The van der Waals surface area contributed by atoms with Crippen molar-refractivity contribution >= 4 is 5.69 Å². The number of nitrogens with one attached hydrogen (secondary N) is 1. The molecule has 1 N–H and O–H groups in total. The summed E-state index contributed by atoms with van der Waals surface area (Å²) in [6.45, 7) is 0. The molecule has 2 fully saturated rings. The minimum Gasteiger partial charge on any atom is -0.381 e. The maximum absolute atomic E-state index is 4.48. The van der Waals surface area contributed by atoms with Gasteiger partial charge in [0.15, 0.2) is 5.82 Å². The molecule has 0 saturated carbocycles. The lowest BCUT2D eigenvalue weighted by atomic mass is 9.98. The topological polar surface area (TPSA) is 46.0 Å². The second-order valence-electron chi connectivity index (χ2n) is 6.22. The van der Waals surface area contributed by atoms with Crippen molar-refractivity contribution < 1.29 is 0 Å². The highest BCUT2D eigenvalue weighted by atomic mass is 15.3. The zero-order chi connectivity index (χ0) is 14.2. The van der Waals surface area contributed by atoms with Crippen LogP contribution in [-0.2, 0) is 0 Å². The van der Waals surface area contributed by atoms with Crippen molar-refractivity contribution in [2.75, 3.05) is 12.4 Å². The van der Waals surface area contributed by atoms with Crippen molar-refractivity contribution in [1.29, 1.82) is 0 Å². The molecule has 2 aliphatic rings. The highest BCUT2D eigenvalue weighted by molar-refractivity contribution is 5.44. The Morgan fingerprint density at radius 3 is 2.62 bits per heavy atom. The smallest absolute Gasteiger partial charge is 0.153 e. The Morgan fingerprint density at radius 1 is 1.19 bits per heavy atom. The first kappa shape index (κ1) is 12.8. The lowest BCUT2D eigenvalue weighted by Crippen LogP contribution is -2.44. The molecule has 0 spiro atoms. The summed E-state index contributed by atoms with van der Waals surface area (Å²) in [6, 6.07) is 8.12. The number of pyridine rings is 1. The van der Waals surface area contributed by atoms with Crippen molar-refractivity contribution in [1.82, 2.24) is 19.7 Å². The van der Waals surface area contributed by atoms with Crippen LogP contribution in [-0.4, -0.2) is 44.8 Å². The summed E-state index contributed by atoms with van der Waals surface area (Å²) in [4.78, 5) is 7.05. The van der Waals surface area contributed by atoms with Crippen LogP contribution in [0, 0.1) is 0 Å². The Bertz CT molecular complexity index is 578. The molecule has 2 aromatic heterocycles. The van der Waals surface area contributed by atoms with E-state index in [1.165, 1.54) is 25.7 Å². The van der Waals surface area contributed by atoms with E-state index in [9.17, 15) is 0 Å². The van der Waals surface area contributed by atoms with E-state index in [2.05, 4.69) is 33.4 Å². The van der Waals surface area contributed by atoms with Gasteiger partial charge in [-0.25, -0.2) is 9.67 Å². The zero-order valence-electron chi connectivity index (χ0n) is 12.3. The van der Waals surface area contributed by atoms with Gasteiger partial charge in [0.25, 0.3) is 0 Å². The predicted octanol–water partition coefficient (Wildman–Crippen LogP) is 2.30. The van der Waals surface area contributed by atoms with E-state index in [-0.39, 0.29) is 0 Å². The minimum atomic E-state index is 0.580. The van der Waals surface area contributed by atoms with E-state index < -0.39 is 0 Å². The van der Waals surface area contributed by atoms with Gasteiger partial charge in [-0.3, -0.25) is 0 Å². The Kier molecular flexibility index (Phi) is 3.15. The van der Waals surface area contributed by atoms with Crippen LogP contribution in [0.2, 0.25) is 0 Å². The first-order valence-electron chi connectivity index (χ1n) is 7.74. The molecule has 21 heavy (non-hydrogen) atoms. The monoisotopic (exact) mass is 283 g/mol. The van der Waals surface area contributed by atoms with E-state index >= 15 is 0 Å². The van der Waals surface area contributed by atoms with Crippen molar-refractivity contribution in [2.45, 2.75) is 43.8 Å². The number of hydrogen-bond donors (Lipinski definition) is 1. The van der Waals surface area contributed by atoms with Gasteiger partial charge in [-0.05, 0) is 50.9 Å². The summed E-state index contributed by atoms with van der Waals surface area (Å²) in [5.74, 6) is 0.856. The third-order valence-corrected chi connectivity index (χ3v) is 4.96. The number of nitrogens with zero attached hydrogens (tertiary/aromatic N) is 4. The predicted molar refractivity (Wildman–Crippen MR) is 82.6 cm³/mol. The van der Waals surface area contributed by atoms with E-state index in [4.69, 9.17) is 0 Å². The molecule has 4 heterocycles. The molecule has 2 aliphatic heterocycles. The molecule has 5 nitrogen and oxygen atoms in total. The molecule has 4 rings (SSSR count). The van der Waals surface area contributed by atoms with Crippen LogP contribution in [0.1, 0.15) is 25.7 Å². The molecular formula is C16H21N5. The summed E-state index contributed by atoms with van der Waals surface area (Å²) < 4.78 is 1.78. The first-order valence-corrected chi connectivity index (χ1v) is 7.74.